The van der Waals surface area contributed by atoms with E-state index in [9.17, 15) is 13.2 Å². The Morgan fingerprint density at radius 2 is 2.03 bits per heavy atom. The highest BCUT2D eigenvalue weighted by atomic mass is 32.2. The van der Waals surface area contributed by atoms with E-state index in [1.54, 1.807) is 35.0 Å². The summed E-state index contributed by atoms with van der Waals surface area (Å²) in [5.74, 6) is 0.786. The van der Waals surface area contributed by atoms with Gasteiger partial charge >= 0.3 is 0 Å². The molecule has 3 heterocycles. The van der Waals surface area contributed by atoms with Crippen LogP contribution in [0, 0.1) is 24.2 Å². The number of likely N-dealkylation sites (tertiary alicyclic amines) is 1. The molecular formula is C20H22N6O3S. The second-order valence-corrected chi connectivity index (χ2v) is 9.01. The summed E-state index contributed by atoms with van der Waals surface area (Å²) in [5.41, 5.74) is 1.40. The maximum absolute atomic E-state index is 12.8. The predicted molar refractivity (Wildman–Crippen MR) is 110 cm³/mol. The van der Waals surface area contributed by atoms with Crippen LogP contribution >= 0.6 is 0 Å². The molecule has 0 bridgehead atoms. The number of fused-ring (bicyclic) bond motifs is 1. The number of nitrogens with zero attached hydrogens (tertiary/aromatic N) is 5. The normalized spacial score (nSPS) is 17.9. The fraction of sp³-hybridized carbons (Fsp3) is 0.400. The van der Waals surface area contributed by atoms with Crippen molar-refractivity contribution >= 4 is 27.6 Å². The molecule has 4 rings (SSSR count). The Bertz CT molecular complexity index is 1150. The molecule has 1 amide bonds. The van der Waals surface area contributed by atoms with Crippen LogP contribution in [0.4, 0.5) is 5.82 Å². The van der Waals surface area contributed by atoms with Gasteiger partial charge in [-0.05, 0) is 31.9 Å². The topological polar surface area (TPSA) is 120 Å². The van der Waals surface area contributed by atoms with Crippen molar-refractivity contribution in [3.63, 3.8) is 0 Å². The third kappa shape index (κ3) is 3.80. The highest BCUT2D eigenvalue weighted by molar-refractivity contribution is 7.90. The first-order valence-electron chi connectivity index (χ1n) is 9.80. The molecule has 1 saturated heterocycles. The number of benzene rings is 1. The third-order valence-electron chi connectivity index (χ3n) is 5.37. The predicted octanol–water partition coefficient (Wildman–Crippen LogP) is 1.90. The summed E-state index contributed by atoms with van der Waals surface area (Å²) >= 11 is 0. The highest BCUT2D eigenvalue weighted by Crippen LogP contribution is 2.30. The van der Waals surface area contributed by atoms with Gasteiger partial charge in [0.25, 0.3) is 10.0 Å². The molecule has 2 aromatic rings. The number of nitrogens with one attached hydrogen (secondary N) is 1. The molecule has 0 unspecified atom stereocenters. The molecule has 2 aliphatic heterocycles. The number of piperidine rings is 1. The quantitative estimate of drug-likeness (QED) is 0.797. The fourth-order valence-electron chi connectivity index (χ4n) is 3.87. The molecule has 1 fully saturated rings. The minimum Gasteiger partial charge on any atom is -0.355 e. The first kappa shape index (κ1) is 20.1. The Balaban J connectivity index is 1.41. The van der Waals surface area contributed by atoms with Gasteiger partial charge in [-0.1, -0.05) is 12.1 Å². The highest BCUT2D eigenvalue weighted by Gasteiger charge is 2.34. The van der Waals surface area contributed by atoms with Crippen LogP contribution in [-0.4, -0.2) is 47.9 Å². The van der Waals surface area contributed by atoms with Gasteiger partial charge in [0.15, 0.2) is 5.84 Å². The second-order valence-electron chi connectivity index (χ2n) is 7.44. The van der Waals surface area contributed by atoms with Crippen molar-refractivity contribution < 1.29 is 13.2 Å². The number of nitriles is 1. The van der Waals surface area contributed by atoms with E-state index in [4.69, 9.17) is 5.26 Å². The standard InChI is InChI=1S/C20H22N6O3S/c1-14-13-18(26(23-14)10-4-9-21)22-20(27)15-7-11-25(12-8-15)19-16-5-2-3-6-17(16)30(28,29)24-19/h2-3,5-6,13,15H,4,7-8,10-12H2,1H3,(H,22,27). The average molecular weight is 427 g/mol. The number of hydrogen-bond acceptors (Lipinski definition) is 6. The lowest BCUT2D eigenvalue weighted by Gasteiger charge is -2.32. The molecule has 0 atom stereocenters. The molecule has 156 valence electrons. The molecule has 10 heteroatoms. The van der Waals surface area contributed by atoms with Crippen LogP contribution in [0.15, 0.2) is 39.6 Å². The molecule has 0 spiro atoms. The molecule has 30 heavy (non-hydrogen) atoms. The Morgan fingerprint density at radius 3 is 2.77 bits per heavy atom. The number of aromatic nitrogens is 2. The van der Waals surface area contributed by atoms with E-state index in [1.807, 2.05) is 11.8 Å². The lowest BCUT2D eigenvalue weighted by molar-refractivity contribution is -0.121. The van der Waals surface area contributed by atoms with E-state index in [1.165, 1.54) is 0 Å². The van der Waals surface area contributed by atoms with Crippen molar-refractivity contribution in [2.24, 2.45) is 10.3 Å². The van der Waals surface area contributed by atoms with E-state index < -0.39 is 10.0 Å². The van der Waals surface area contributed by atoms with Crippen molar-refractivity contribution in [3.8, 4) is 6.07 Å². The molecule has 0 saturated carbocycles. The minimum absolute atomic E-state index is 0.0888. The summed E-state index contributed by atoms with van der Waals surface area (Å²) < 4.78 is 30.2. The average Bonchev–Trinajstić information content (AvgIpc) is 3.22. The van der Waals surface area contributed by atoms with Crippen molar-refractivity contribution in [1.29, 1.82) is 5.26 Å². The van der Waals surface area contributed by atoms with Gasteiger partial charge in [-0.15, -0.1) is 4.40 Å². The first-order valence-corrected chi connectivity index (χ1v) is 11.2. The van der Waals surface area contributed by atoms with Gasteiger partial charge in [-0.25, -0.2) is 4.68 Å². The zero-order valence-corrected chi connectivity index (χ0v) is 17.4. The second kappa shape index (κ2) is 7.91. The van der Waals surface area contributed by atoms with Crippen LogP contribution < -0.4 is 5.32 Å². The number of anilines is 1. The lowest BCUT2D eigenvalue weighted by atomic mass is 9.95. The fourth-order valence-corrected chi connectivity index (χ4v) is 5.10. The van der Waals surface area contributed by atoms with Crippen molar-refractivity contribution in [2.75, 3.05) is 18.4 Å². The molecule has 0 radical (unpaired) electrons. The summed E-state index contributed by atoms with van der Waals surface area (Å²) in [6.07, 6.45) is 1.51. The van der Waals surface area contributed by atoms with Gasteiger partial charge in [-0.3, -0.25) is 4.79 Å². The number of carbonyl (C=O) groups excluding carboxylic acids is 1. The summed E-state index contributed by atoms with van der Waals surface area (Å²) in [7, 11) is -3.65. The van der Waals surface area contributed by atoms with Crippen LogP contribution in [0.25, 0.3) is 0 Å². The molecule has 1 aromatic carbocycles. The van der Waals surface area contributed by atoms with Gasteiger partial charge in [0.2, 0.25) is 5.91 Å². The Kier molecular flexibility index (Phi) is 5.30. The van der Waals surface area contributed by atoms with Crippen molar-refractivity contribution in [1.82, 2.24) is 14.7 Å². The molecule has 0 aliphatic carbocycles. The summed E-state index contributed by atoms with van der Waals surface area (Å²) in [4.78, 5) is 14.9. The molecule has 1 N–H and O–H groups in total. The van der Waals surface area contributed by atoms with E-state index in [-0.39, 0.29) is 16.7 Å². The minimum atomic E-state index is -3.65. The van der Waals surface area contributed by atoms with Gasteiger partial charge in [-0.2, -0.15) is 18.8 Å². The van der Waals surface area contributed by atoms with E-state index in [0.29, 0.717) is 56.1 Å². The van der Waals surface area contributed by atoms with Crippen LogP contribution in [0.1, 0.15) is 30.5 Å². The smallest absolute Gasteiger partial charge is 0.285 e. The first-order chi connectivity index (χ1) is 14.4. The molecule has 1 aromatic heterocycles. The van der Waals surface area contributed by atoms with Crippen LogP contribution in [0.2, 0.25) is 0 Å². The van der Waals surface area contributed by atoms with E-state index in [0.717, 1.165) is 5.69 Å². The lowest BCUT2D eigenvalue weighted by Crippen LogP contribution is -2.41. The van der Waals surface area contributed by atoms with Crippen LogP contribution in [-0.2, 0) is 21.4 Å². The number of carbonyl (C=O) groups is 1. The number of rotatable bonds is 4. The Labute approximate surface area is 175 Å². The number of hydrogen-bond donors (Lipinski definition) is 1. The van der Waals surface area contributed by atoms with Crippen molar-refractivity contribution in [3.05, 3.63) is 41.6 Å². The number of amides is 1. The zero-order chi connectivity index (χ0) is 21.3. The van der Waals surface area contributed by atoms with E-state index >= 15 is 0 Å². The molecule has 2 aliphatic rings. The van der Waals surface area contributed by atoms with Crippen molar-refractivity contribution in [2.45, 2.75) is 37.6 Å². The molecular weight excluding hydrogens is 404 g/mol. The van der Waals surface area contributed by atoms with Crippen LogP contribution in [0.3, 0.4) is 0 Å². The number of amidine groups is 1. The zero-order valence-electron chi connectivity index (χ0n) is 16.6. The maximum Gasteiger partial charge on any atom is 0.285 e. The van der Waals surface area contributed by atoms with Gasteiger partial charge < -0.3 is 10.2 Å². The number of sulfonamides is 1. The van der Waals surface area contributed by atoms with Gasteiger partial charge in [0, 0.05) is 30.6 Å². The van der Waals surface area contributed by atoms with Gasteiger partial charge in [0.05, 0.1) is 24.7 Å². The number of aryl methyl sites for hydroxylation is 2. The monoisotopic (exact) mass is 426 g/mol. The molecule has 9 nitrogen and oxygen atoms in total. The maximum atomic E-state index is 12.8. The third-order valence-corrected chi connectivity index (χ3v) is 6.69. The Hall–Kier alpha value is -3.19. The summed E-state index contributed by atoms with van der Waals surface area (Å²) in [6.45, 7) is 3.36. The summed E-state index contributed by atoms with van der Waals surface area (Å²) in [6, 6.07) is 10.7. The SMILES string of the molecule is Cc1cc(NC(=O)C2CCN(C3=NS(=O)(=O)c4ccccc43)CC2)n(CCC#N)n1. The van der Waals surface area contributed by atoms with Crippen LogP contribution in [0.5, 0.6) is 0 Å². The summed E-state index contributed by atoms with van der Waals surface area (Å²) in [5, 5.41) is 16.0. The van der Waals surface area contributed by atoms with E-state index in [2.05, 4.69) is 20.9 Å². The van der Waals surface area contributed by atoms with Gasteiger partial charge in [0.1, 0.15) is 10.7 Å². The Morgan fingerprint density at radius 1 is 1.30 bits per heavy atom. The largest absolute Gasteiger partial charge is 0.355 e.